The van der Waals surface area contributed by atoms with Crippen molar-refractivity contribution >= 4 is 9.84 Å². The summed E-state index contributed by atoms with van der Waals surface area (Å²) in [6.07, 6.45) is 4.98. The Morgan fingerprint density at radius 1 is 1.33 bits per heavy atom. The number of fused-ring (bicyclic) bond motifs is 1. The van der Waals surface area contributed by atoms with Gasteiger partial charge in [0.25, 0.3) is 0 Å². The van der Waals surface area contributed by atoms with E-state index in [1.165, 1.54) is 11.8 Å². The lowest BCUT2D eigenvalue weighted by molar-refractivity contribution is 0.00957. The molecule has 0 heterocycles. The molecule has 2 rings (SSSR count). The van der Waals surface area contributed by atoms with Gasteiger partial charge in [-0.1, -0.05) is 24.3 Å². The normalized spacial score (nSPS) is 23.7. The fraction of sp³-hybridized carbons (Fsp3) is 0.571. The van der Waals surface area contributed by atoms with Crippen molar-refractivity contribution in [1.82, 2.24) is 0 Å². The summed E-state index contributed by atoms with van der Waals surface area (Å²) in [6, 6.07) is 7.94. The zero-order valence-electron chi connectivity index (χ0n) is 10.7. The number of hydrogen-bond donors (Lipinski definition) is 1. The molecule has 1 aliphatic rings. The van der Waals surface area contributed by atoms with Gasteiger partial charge >= 0.3 is 0 Å². The van der Waals surface area contributed by atoms with Crippen molar-refractivity contribution in [2.75, 3.05) is 12.0 Å². The van der Waals surface area contributed by atoms with E-state index in [2.05, 4.69) is 6.07 Å². The topological polar surface area (TPSA) is 54.4 Å². The maximum atomic E-state index is 11.1. The Labute approximate surface area is 109 Å². The van der Waals surface area contributed by atoms with E-state index in [1.54, 1.807) is 0 Å². The Hall–Kier alpha value is -0.870. The fourth-order valence-corrected chi connectivity index (χ4v) is 3.45. The Balaban J connectivity index is 2.12. The third-order valence-electron chi connectivity index (χ3n) is 3.66. The van der Waals surface area contributed by atoms with Gasteiger partial charge in [-0.25, -0.2) is 8.42 Å². The maximum absolute atomic E-state index is 11.1. The van der Waals surface area contributed by atoms with Gasteiger partial charge in [0.15, 0.2) is 0 Å². The zero-order chi connectivity index (χ0) is 13.2. The summed E-state index contributed by atoms with van der Waals surface area (Å²) in [5.74, 6) is 0.150. The molecule has 0 aromatic heterocycles. The highest BCUT2D eigenvalue weighted by Gasteiger charge is 2.33. The Bertz CT molecular complexity index is 522. The van der Waals surface area contributed by atoms with Crippen molar-refractivity contribution in [2.45, 2.75) is 37.7 Å². The van der Waals surface area contributed by atoms with Crippen LogP contribution in [0.5, 0.6) is 0 Å². The Morgan fingerprint density at radius 3 is 2.78 bits per heavy atom. The minimum absolute atomic E-state index is 0.150. The van der Waals surface area contributed by atoms with Crippen molar-refractivity contribution < 1.29 is 13.5 Å². The minimum atomic E-state index is -2.94. The van der Waals surface area contributed by atoms with E-state index < -0.39 is 15.4 Å². The third kappa shape index (κ3) is 3.12. The van der Waals surface area contributed by atoms with Crippen molar-refractivity contribution in [3.05, 3.63) is 35.4 Å². The first-order chi connectivity index (χ1) is 8.41. The molecule has 1 N–H and O–H groups in total. The van der Waals surface area contributed by atoms with E-state index >= 15 is 0 Å². The molecule has 0 radical (unpaired) electrons. The highest BCUT2D eigenvalue weighted by atomic mass is 32.2. The quantitative estimate of drug-likeness (QED) is 0.909. The van der Waals surface area contributed by atoms with Gasteiger partial charge in [0.2, 0.25) is 0 Å². The van der Waals surface area contributed by atoms with Crippen LogP contribution in [0.25, 0.3) is 0 Å². The van der Waals surface area contributed by atoms with Crippen LogP contribution >= 0.6 is 0 Å². The number of sulfone groups is 1. The summed E-state index contributed by atoms with van der Waals surface area (Å²) >= 11 is 0. The van der Waals surface area contributed by atoms with Crippen LogP contribution in [0.2, 0.25) is 0 Å². The molecule has 0 saturated carbocycles. The average Bonchev–Trinajstić information content (AvgIpc) is 2.28. The van der Waals surface area contributed by atoms with Gasteiger partial charge in [-0.2, -0.15) is 0 Å². The summed E-state index contributed by atoms with van der Waals surface area (Å²) in [5, 5.41) is 10.7. The molecular formula is C14H20O3S. The first kappa shape index (κ1) is 13.6. The maximum Gasteiger partial charge on any atom is 0.147 e. The molecule has 1 aliphatic carbocycles. The van der Waals surface area contributed by atoms with Gasteiger partial charge in [0, 0.05) is 12.0 Å². The lowest BCUT2D eigenvalue weighted by Crippen LogP contribution is -2.31. The minimum Gasteiger partial charge on any atom is -0.385 e. The number of rotatable bonds is 4. The van der Waals surface area contributed by atoms with Gasteiger partial charge in [-0.15, -0.1) is 0 Å². The van der Waals surface area contributed by atoms with E-state index in [-0.39, 0.29) is 5.75 Å². The molecule has 0 amide bonds. The van der Waals surface area contributed by atoms with Crippen LogP contribution in [0.1, 0.15) is 36.8 Å². The van der Waals surface area contributed by atoms with E-state index in [1.807, 2.05) is 18.2 Å². The van der Waals surface area contributed by atoms with Crippen molar-refractivity contribution in [3.63, 3.8) is 0 Å². The van der Waals surface area contributed by atoms with Crippen molar-refractivity contribution in [3.8, 4) is 0 Å². The van der Waals surface area contributed by atoms with Gasteiger partial charge in [0.05, 0.1) is 5.60 Å². The second-order valence-corrected chi connectivity index (χ2v) is 7.54. The number of aryl methyl sites for hydroxylation is 1. The highest BCUT2D eigenvalue weighted by molar-refractivity contribution is 7.90. The van der Waals surface area contributed by atoms with Crippen LogP contribution in [-0.4, -0.2) is 25.5 Å². The molecule has 0 spiro atoms. The number of aliphatic hydroxyl groups is 1. The smallest absolute Gasteiger partial charge is 0.147 e. The van der Waals surface area contributed by atoms with Crippen molar-refractivity contribution in [2.24, 2.45) is 0 Å². The molecular weight excluding hydrogens is 248 g/mol. The largest absolute Gasteiger partial charge is 0.385 e. The highest BCUT2D eigenvalue weighted by Crippen LogP contribution is 2.38. The summed E-state index contributed by atoms with van der Waals surface area (Å²) in [5.41, 5.74) is 1.36. The summed E-state index contributed by atoms with van der Waals surface area (Å²) in [6.45, 7) is 0. The Morgan fingerprint density at radius 2 is 2.06 bits per heavy atom. The summed E-state index contributed by atoms with van der Waals surface area (Å²) in [7, 11) is -2.94. The molecule has 100 valence electrons. The van der Waals surface area contributed by atoms with Crippen LogP contribution < -0.4 is 0 Å². The van der Waals surface area contributed by atoms with Gasteiger partial charge in [-0.05, 0) is 43.2 Å². The van der Waals surface area contributed by atoms with E-state index in [0.717, 1.165) is 24.8 Å². The van der Waals surface area contributed by atoms with E-state index in [9.17, 15) is 13.5 Å². The third-order valence-corrected chi connectivity index (χ3v) is 4.69. The monoisotopic (exact) mass is 268 g/mol. The van der Waals surface area contributed by atoms with Crippen LogP contribution in [0.15, 0.2) is 24.3 Å². The van der Waals surface area contributed by atoms with Gasteiger partial charge in [0.1, 0.15) is 9.84 Å². The average molecular weight is 268 g/mol. The number of hydrogen-bond acceptors (Lipinski definition) is 3. The lowest BCUT2D eigenvalue weighted by atomic mass is 9.77. The predicted molar refractivity (Wildman–Crippen MR) is 72.2 cm³/mol. The SMILES string of the molecule is CS(=O)(=O)CCCC1(O)CCCc2ccccc21. The van der Waals surface area contributed by atoms with Crippen LogP contribution in [0.4, 0.5) is 0 Å². The zero-order valence-corrected chi connectivity index (χ0v) is 11.5. The molecule has 1 unspecified atom stereocenters. The fourth-order valence-electron chi connectivity index (χ4n) is 2.78. The predicted octanol–water partition coefficient (Wildman–Crippen LogP) is 2.04. The first-order valence-electron chi connectivity index (χ1n) is 6.39. The first-order valence-corrected chi connectivity index (χ1v) is 8.45. The van der Waals surface area contributed by atoms with E-state index in [4.69, 9.17) is 0 Å². The van der Waals surface area contributed by atoms with Crippen LogP contribution in [0.3, 0.4) is 0 Å². The molecule has 3 nitrogen and oxygen atoms in total. The second kappa shape index (κ2) is 5.02. The molecule has 0 bridgehead atoms. The molecule has 1 atom stereocenters. The molecule has 4 heteroatoms. The standard InChI is InChI=1S/C14H20O3S/c1-18(16,17)11-5-10-14(15)9-4-7-12-6-2-3-8-13(12)14/h2-3,6,8,15H,4-5,7,9-11H2,1H3. The van der Waals surface area contributed by atoms with Crippen molar-refractivity contribution in [1.29, 1.82) is 0 Å². The van der Waals surface area contributed by atoms with E-state index in [0.29, 0.717) is 12.8 Å². The summed E-state index contributed by atoms with van der Waals surface area (Å²) < 4.78 is 22.3. The summed E-state index contributed by atoms with van der Waals surface area (Å²) in [4.78, 5) is 0. The Kier molecular flexibility index (Phi) is 3.78. The second-order valence-electron chi connectivity index (χ2n) is 5.28. The van der Waals surface area contributed by atoms with Gasteiger partial charge in [-0.3, -0.25) is 0 Å². The van der Waals surface area contributed by atoms with Gasteiger partial charge < -0.3 is 5.11 Å². The molecule has 0 fully saturated rings. The van der Waals surface area contributed by atoms with Crippen LogP contribution in [-0.2, 0) is 21.9 Å². The molecule has 0 aliphatic heterocycles. The molecule has 1 aromatic rings. The molecule has 0 saturated heterocycles. The molecule has 18 heavy (non-hydrogen) atoms. The number of benzene rings is 1. The lowest BCUT2D eigenvalue weighted by Gasteiger charge is -2.34. The van der Waals surface area contributed by atoms with Crippen LogP contribution in [0, 0.1) is 0 Å². The molecule has 1 aromatic carbocycles.